The summed E-state index contributed by atoms with van der Waals surface area (Å²) in [4.78, 5) is 19.4. The summed E-state index contributed by atoms with van der Waals surface area (Å²) in [6.07, 6.45) is 4.47. The van der Waals surface area contributed by atoms with Crippen LogP contribution in [0.4, 0.5) is 0 Å². The molecule has 1 atom stereocenters. The number of hydrogen-bond acceptors (Lipinski definition) is 2. The van der Waals surface area contributed by atoms with E-state index in [4.69, 9.17) is 0 Å². The SMILES string of the molecule is Cc1cccc(C(=O)N2CCc3ccccc3C2c2ccncc2)c1. The Morgan fingerprint density at radius 3 is 2.64 bits per heavy atom. The zero-order chi connectivity index (χ0) is 17.2. The van der Waals surface area contributed by atoms with E-state index in [0.29, 0.717) is 0 Å². The highest BCUT2D eigenvalue weighted by Gasteiger charge is 2.32. The average molecular weight is 328 g/mol. The third-order valence-corrected chi connectivity index (χ3v) is 4.83. The van der Waals surface area contributed by atoms with Crippen molar-refractivity contribution in [2.24, 2.45) is 0 Å². The Hall–Kier alpha value is -2.94. The minimum Gasteiger partial charge on any atom is -0.327 e. The Labute approximate surface area is 148 Å². The number of aryl methyl sites for hydroxylation is 1. The third kappa shape index (κ3) is 2.93. The normalized spacial score (nSPS) is 16.4. The highest BCUT2D eigenvalue weighted by Crippen LogP contribution is 2.35. The minimum atomic E-state index is -0.0686. The van der Waals surface area contributed by atoms with Crippen LogP contribution >= 0.6 is 0 Å². The van der Waals surface area contributed by atoms with Crippen molar-refractivity contribution in [3.05, 3.63) is 101 Å². The molecule has 0 radical (unpaired) electrons. The van der Waals surface area contributed by atoms with Crippen LogP contribution in [0.5, 0.6) is 0 Å². The van der Waals surface area contributed by atoms with Gasteiger partial charge in [-0.1, -0.05) is 42.0 Å². The summed E-state index contributed by atoms with van der Waals surface area (Å²) in [5, 5.41) is 0. The monoisotopic (exact) mass is 328 g/mol. The van der Waals surface area contributed by atoms with Gasteiger partial charge in [-0.3, -0.25) is 9.78 Å². The molecule has 4 rings (SSSR count). The van der Waals surface area contributed by atoms with Crippen LogP contribution in [0.25, 0.3) is 0 Å². The Balaban J connectivity index is 1.80. The third-order valence-electron chi connectivity index (χ3n) is 4.83. The molecule has 1 aliphatic heterocycles. The van der Waals surface area contributed by atoms with Gasteiger partial charge < -0.3 is 4.90 Å². The molecule has 0 N–H and O–H groups in total. The van der Waals surface area contributed by atoms with Crippen LogP contribution < -0.4 is 0 Å². The topological polar surface area (TPSA) is 33.2 Å². The van der Waals surface area contributed by atoms with Gasteiger partial charge in [-0.05, 0) is 54.3 Å². The summed E-state index contributed by atoms with van der Waals surface area (Å²) in [7, 11) is 0. The summed E-state index contributed by atoms with van der Waals surface area (Å²) in [5.74, 6) is 0.0833. The van der Waals surface area contributed by atoms with Gasteiger partial charge in [-0.25, -0.2) is 0 Å². The lowest BCUT2D eigenvalue weighted by Gasteiger charge is -2.38. The van der Waals surface area contributed by atoms with E-state index >= 15 is 0 Å². The number of amides is 1. The first-order valence-electron chi connectivity index (χ1n) is 8.59. The van der Waals surface area contributed by atoms with Crippen molar-refractivity contribution in [3.8, 4) is 0 Å². The molecule has 0 saturated carbocycles. The summed E-state index contributed by atoms with van der Waals surface area (Å²) in [5.41, 5.74) is 5.48. The van der Waals surface area contributed by atoms with E-state index in [2.05, 4.69) is 23.2 Å². The van der Waals surface area contributed by atoms with E-state index in [0.717, 1.165) is 29.7 Å². The summed E-state index contributed by atoms with van der Waals surface area (Å²) < 4.78 is 0. The van der Waals surface area contributed by atoms with Gasteiger partial charge in [0.25, 0.3) is 5.91 Å². The van der Waals surface area contributed by atoms with Crippen molar-refractivity contribution in [3.63, 3.8) is 0 Å². The van der Waals surface area contributed by atoms with E-state index in [-0.39, 0.29) is 11.9 Å². The Morgan fingerprint density at radius 1 is 1.04 bits per heavy atom. The van der Waals surface area contributed by atoms with Gasteiger partial charge in [0.15, 0.2) is 0 Å². The van der Waals surface area contributed by atoms with Crippen LogP contribution in [0, 0.1) is 6.92 Å². The summed E-state index contributed by atoms with van der Waals surface area (Å²) >= 11 is 0. The zero-order valence-corrected chi connectivity index (χ0v) is 14.2. The largest absolute Gasteiger partial charge is 0.327 e. The molecule has 0 spiro atoms. The van der Waals surface area contributed by atoms with Crippen molar-refractivity contribution in [1.82, 2.24) is 9.88 Å². The minimum absolute atomic E-state index is 0.0686. The molecule has 1 aromatic heterocycles. The standard InChI is InChI=1S/C22H20N2O/c1-16-5-4-7-19(15-16)22(25)24-14-11-17-6-2-3-8-20(17)21(24)18-9-12-23-13-10-18/h2-10,12-13,15,21H,11,14H2,1H3. The Kier molecular flexibility index (Phi) is 4.06. The van der Waals surface area contributed by atoms with Crippen molar-refractivity contribution < 1.29 is 4.79 Å². The predicted octanol–water partition coefficient (Wildman–Crippen LogP) is 4.18. The van der Waals surface area contributed by atoms with E-state index in [9.17, 15) is 4.79 Å². The number of carbonyl (C=O) groups is 1. The molecule has 1 aliphatic rings. The molecule has 2 aromatic carbocycles. The van der Waals surface area contributed by atoms with Gasteiger partial charge in [0.05, 0.1) is 6.04 Å². The highest BCUT2D eigenvalue weighted by atomic mass is 16.2. The molecule has 3 heteroatoms. The molecule has 124 valence electrons. The number of nitrogens with zero attached hydrogens (tertiary/aromatic N) is 2. The van der Waals surface area contributed by atoms with Crippen LogP contribution in [0.3, 0.4) is 0 Å². The van der Waals surface area contributed by atoms with E-state index in [1.807, 2.05) is 54.3 Å². The fourth-order valence-electron chi connectivity index (χ4n) is 3.63. The number of benzene rings is 2. The molecule has 0 bridgehead atoms. The predicted molar refractivity (Wildman–Crippen MR) is 98.4 cm³/mol. The Bertz CT molecular complexity index is 905. The second kappa shape index (κ2) is 6.52. The quantitative estimate of drug-likeness (QED) is 0.707. The van der Waals surface area contributed by atoms with Crippen molar-refractivity contribution >= 4 is 5.91 Å². The fraction of sp³-hybridized carbons (Fsp3) is 0.182. The van der Waals surface area contributed by atoms with Crippen molar-refractivity contribution in [1.29, 1.82) is 0 Å². The van der Waals surface area contributed by atoms with Crippen LogP contribution in [0.15, 0.2) is 73.1 Å². The fourth-order valence-corrected chi connectivity index (χ4v) is 3.63. The Morgan fingerprint density at radius 2 is 1.84 bits per heavy atom. The first-order chi connectivity index (χ1) is 12.2. The molecule has 3 nitrogen and oxygen atoms in total. The maximum Gasteiger partial charge on any atom is 0.254 e. The molecule has 0 aliphatic carbocycles. The van der Waals surface area contributed by atoms with Gasteiger partial charge >= 0.3 is 0 Å². The van der Waals surface area contributed by atoms with Gasteiger partial charge in [-0.2, -0.15) is 0 Å². The smallest absolute Gasteiger partial charge is 0.254 e. The molecule has 0 saturated heterocycles. The van der Waals surface area contributed by atoms with Crippen molar-refractivity contribution in [2.75, 3.05) is 6.54 Å². The van der Waals surface area contributed by atoms with Crippen molar-refractivity contribution in [2.45, 2.75) is 19.4 Å². The summed E-state index contributed by atoms with van der Waals surface area (Å²) in [6, 6.07) is 20.2. The number of pyridine rings is 1. The number of carbonyl (C=O) groups excluding carboxylic acids is 1. The van der Waals surface area contributed by atoms with Gasteiger partial charge in [0.2, 0.25) is 0 Å². The van der Waals surface area contributed by atoms with Gasteiger partial charge in [-0.15, -0.1) is 0 Å². The number of aromatic nitrogens is 1. The van der Waals surface area contributed by atoms with Crippen LogP contribution in [-0.2, 0) is 6.42 Å². The first-order valence-corrected chi connectivity index (χ1v) is 8.59. The molecule has 25 heavy (non-hydrogen) atoms. The highest BCUT2D eigenvalue weighted by molar-refractivity contribution is 5.95. The molecule has 0 fully saturated rings. The molecular formula is C22H20N2O. The lowest BCUT2D eigenvalue weighted by atomic mass is 9.88. The van der Waals surface area contributed by atoms with Gasteiger partial charge in [0, 0.05) is 24.5 Å². The van der Waals surface area contributed by atoms with Gasteiger partial charge in [0.1, 0.15) is 0 Å². The second-order valence-electron chi connectivity index (χ2n) is 6.50. The lowest BCUT2D eigenvalue weighted by Crippen LogP contribution is -2.40. The van der Waals surface area contributed by atoms with Crippen LogP contribution in [0.1, 0.15) is 38.7 Å². The molecule has 1 unspecified atom stereocenters. The second-order valence-corrected chi connectivity index (χ2v) is 6.50. The maximum absolute atomic E-state index is 13.3. The molecular weight excluding hydrogens is 308 g/mol. The van der Waals surface area contributed by atoms with Crippen LogP contribution in [-0.4, -0.2) is 22.3 Å². The summed E-state index contributed by atoms with van der Waals surface area (Å²) in [6.45, 7) is 2.74. The number of fused-ring (bicyclic) bond motifs is 1. The number of hydrogen-bond donors (Lipinski definition) is 0. The average Bonchev–Trinajstić information content (AvgIpc) is 2.67. The lowest BCUT2D eigenvalue weighted by molar-refractivity contribution is 0.0694. The molecule has 3 aromatic rings. The molecule has 1 amide bonds. The van der Waals surface area contributed by atoms with Crippen LogP contribution in [0.2, 0.25) is 0 Å². The maximum atomic E-state index is 13.3. The van der Waals surface area contributed by atoms with E-state index in [1.54, 1.807) is 12.4 Å². The van der Waals surface area contributed by atoms with E-state index < -0.39 is 0 Å². The van der Waals surface area contributed by atoms with E-state index in [1.165, 1.54) is 11.1 Å². The zero-order valence-electron chi connectivity index (χ0n) is 14.2. The first kappa shape index (κ1) is 15.6. The number of rotatable bonds is 2. The molecule has 2 heterocycles.